The molecule has 0 spiro atoms. The maximum absolute atomic E-state index is 11.4. The average molecular weight is 307 g/mol. The highest BCUT2D eigenvalue weighted by molar-refractivity contribution is 7.89. The highest BCUT2D eigenvalue weighted by Crippen LogP contribution is 2.10. The third kappa shape index (κ3) is 13.8. The molecule has 0 saturated heterocycles. The molecule has 0 fully saturated rings. The summed E-state index contributed by atoms with van der Waals surface area (Å²) in [4.78, 5) is 10.3. The van der Waals surface area contributed by atoms with Crippen LogP contribution in [-0.2, 0) is 14.8 Å². The first-order chi connectivity index (χ1) is 9.48. The molecule has 0 atom stereocenters. The highest BCUT2D eigenvalue weighted by atomic mass is 32.2. The fourth-order valence-corrected chi connectivity index (χ4v) is 3.10. The number of hydrogen-bond acceptors (Lipinski definition) is 3. The van der Waals surface area contributed by atoms with Crippen molar-refractivity contribution in [1.29, 1.82) is 0 Å². The molecule has 20 heavy (non-hydrogen) atoms. The predicted octanol–water partition coefficient (Wildman–Crippen LogP) is 2.91. The van der Waals surface area contributed by atoms with Crippen LogP contribution in [0.3, 0.4) is 0 Å². The van der Waals surface area contributed by atoms with E-state index in [-0.39, 0.29) is 5.75 Å². The van der Waals surface area contributed by atoms with Gasteiger partial charge in [-0.1, -0.05) is 64.7 Å². The van der Waals surface area contributed by atoms with Crippen LogP contribution in [0.1, 0.15) is 71.1 Å². The van der Waals surface area contributed by atoms with Gasteiger partial charge in [0.25, 0.3) is 0 Å². The molecular formula is C14H29NO4S. The van der Waals surface area contributed by atoms with Crippen LogP contribution in [0.15, 0.2) is 0 Å². The monoisotopic (exact) mass is 307 g/mol. The maximum atomic E-state index is 11.4. The first-order valence-corrected chi connectivity index (χ1v) is 9.32. The Balaban J connectivity index is 3.37. The van der Waals surface area contributed by atoms with E-state index in [1.807, 2.05) is 0 Å². The van der Waals surface area contributed by atoms with Gasteiger partial charge in [-0.15, -0.1) is 0 Å². The van der Waals surface area contributed by atoms with Crippen LogP contribution in [0, 0.1) is 0 Å². The summed E-state index contributed by atoms with van der Waals surface area (Å²) in [6.45, 7) is 1.68. The van der Waals surface area contributed by atoms with Crippen molar-refractivity contribution in [3.05, 3.63) is 0 Å². The van der Waals surface area contributed by atoms with Crippen LogP contribution in [-0.4, -0.2) is 31.8 Å². The molecule has 0 unspecified atom stereocenters. The van der Waals surface area contributed by atoms with Crippen LogP contribution in [0.25, 0.3) is 0 Å². The fraction of sp³-hybridized carbons (Fsp3) is 0.929. The molecule has 0 aliphatic heterocycles. The third-order valence-corrected chi connectivity index (χ3v) is 4.62. The Morgan fingerprint density at radius 3 is 1.80 bits per heavy atom. The molecule has 5 nitrogen and oxygen atoms in total. The molecule has 0 aliphatic rings. The van der Waals surface area contributed by atoms with Crippen LogP contribution < -0.4 is 4.72 Å². The lowest BCUT2D eigenvalue weighted by Crippen LogP contribution is -2.31. The van der Waals surface area contributed by atoms with Crippen molar-refractivity contribution in [3.8, 4) is 0 Å². The van der Waals surface area contributed by atoms with E-state index in [2.05, 4.69) is 11.6 Å². The number of sulfonamides is 1. The van der Waals surface area contributed by atoms with E-state index in [0.717, 1.165) is 19.3 Å². The summed E-state index contributed by atoms with van der Waals surface area (Å²) in [6, 6.07) is 0. The molecule has 0 amide bonds. The Morgan fingerprint density at radius 1 is 0.900 bits per heavy atom. The Morgan fingerprint density at radius 2 is 1.35 bits per heavy atom. The summed E-state index contributed by atoms with van der Waals surface area (Å²) in [5.41, 5.74) is 0. The van der Waals surface area contributed by atoms with E-state index in [4.69, 9.17) is 5.11 Å². The van der Waals surface area contributed by atoms with Crippen LogP contribution in [0.5, 0.6) is 0 Å². The molecule has 6 heteroatoms. The standard InChI is InChI=1S/C14H29NO4S/c1-2-3-4-5-6-7-8-9-10-11-12-20(18,19)15-13-14(16)17/h15H,2-13H2,1H3,(H,16,17). The molecule has 0 aromatic rings. The van der Waals surface area contributed by atoms with Crippen molar-refractivity contribution >= 4 is 16.0 Å². The third-order valence-electron chi connectivity index (χ3n) is 3.21. The lowest BCUT2D eigenvalue weighted by molar-refractivity contribution is -0.135. The molecule has 0 rings (SSSR count). The van der Waals surface area contributed by atoms with Gasteiger partial charge in [-0.2, -0.15) is 0 Å². The van der Waals surface area contributed by atoms with Gasteiger partial charge in [0.2, 0.25) is 10.0 Å². The second-order valence-corrected chi connectivity index (χ2v) is 7.14. The van der Waals surface area contributed by atoms with E-state index in [1.165, 1.54) is 38.5 Å². The fourth-order valence-electron chi connectivity index (χ4n) is 2.02. The van der Waals surface area contributed by atoms with Gasteiger partial charge in [-0.3, -0.25) is 4.79 Å². The lowest BCUT2D eigenvalue weighted by atomic mass is 10.1. The van der Waals surface area contributed by atoms with Crippen LogP contribution in [0.4, 0.5) is 0 Å². The summed E-state index contributed by atoms with van der Waals surface area (Å²) in [6.07, 6.45) is 11.4. The van der Waals surface area contributed by atoms with E-state index in [0.29, 0.717) is 6.42 Å². The molecule has 2 N–H and O–H groups in total. The number of nitrogens with one attached hydrogen (secondary N) is 1. The average Bonchev–Trinajstić information content (AvgIpc) is 2.39. The minimum absolute atomic E-state index is 0.0246. The summed E-state index contributed by atoms with van der Waals surface area (Å²) in [7, 11) is -3.42. The molecule has 0 radical (unpaired) electrons. The molecule has 0 aromatic heterocycles. The smallest absolute Gasteiger partial charge is 0.318 e. The van der Waals surface area contributed by atoms with Crippen molar-refractivity contribution in [2.45, 2.75) is 71.1 Å². The zero-order valence-corrected chi connectivity index (χ0v) is 13.4. The minimum atomic E-state index is -3.42. The molecule has 0 saturated carbocycles. The molecule has 120 valence electrons. The summed E-state index contributed by atoms with van der Waals surface area (Å²) >= 11 is 0. The van der Waals surface area contributed by atoms with Gasteiger partial charge in [0.15, 0.2) is 0 Å². The minimum Gasteiger partial charge on any atom is -0.480 e. The van der Waals surface area contributed by atoms with E-state index in [1.54, 1.807) is 0 Å². The zero-order valence-electron chi connectivity index (χ0n) is 12.6. The zero-order chi connectivity index (χ0) is 15.3. The van der Waals surface area contributed by atoms with Crippen molar-refractivity contribution in [2.24, 2.45) is 0 Å². The SMILES string of the molecule is CCCCCCCCCCCCS(=O)(=O)NCC(=O)O. The quantitative estimate of drug-likeness (QED) is 0.483. The topological polar surface area (TPSA) is 83.5 Å². The van der Waals surface area contributed by atoms with Gasteiger partial charge in [-0.25, -0.2) is 13.1 Å². The Labute approximate surface area is 123 Å². The van der Waals surface area contributed by atoms with Gasteiger partial charge in [0, 0.05) is 0 Å². The molecule has 0 heterocycles. The summed E-state index contributed by atoms with van der Waals surface area (Å²) < 4.78 is 24.9. The Hall–Kier alpha value is -0.620. The number of unbranched alkanes of at least 4 members (excludes halogenated alkanes) is 9. The number of carboxylic acid groups (broad SMARTS) is 1. The lowest BCUT2D eigenvalue weighted by Gasteiger charge is -2.04. The van der Waals surface area contributed by atoms with Gasteiger partial charge < -0.3 is 5.11 Å². The number of aliphatic carboxylic acids is 1. The van der Waals surface area contributed by atoms with Crippen LogP contribution >= 0.6 is 0 Å². The first kappa shape index (κ1) is 19.4. The second kappa shape index (κ2) is 12.1. The predicted molar refractivity (Wildman–Crippen MR) is 81.3 cm³/mol. The van der Waals surface area contributed by atoms with Crippen LogP contribution in [0.2, 0.25) is 0 Å². The van der Waals surface area contributed by atoms with Gasteiger partial charge in [0.1, 0.15) is 6.54 Å². The summed E-state index contributed by atoms with van der Waals surface area (Å²) in [5.74, 6) is -1.13. The Kier molecular flexibility index (Phi) is 11.8. The van der Waals surface area contributed by atoms with Gasteiger partial charge in [0.05, 0.1) is 5.75 Å². The van der Waals surface area contributed by atoms with Crippen molar-refractivity contribution < 1.29 is 18.3 Å². The summed E-state index contributed by atoms with van der Waals surface area (Å²) in [5, 5.41) is 8.40. The Bertz CT molecular complexity index is 341. The normalized spacial score (nSPS) is 11.7. The maximum Gasteiger partial charge on any atom is 0.318 e. The number of hydrogen-bond donors (Lipinski definition) is 2. The van der Waals surface area contributed by atoms with Crippen molar-refractivity contribution in [3.63, 3.8) is 0 Å². The molecular weight excluding hydrogens is 278 g/mol. The molecule has 0 aliphatic carbocycles. The molecule has 0 aromatic carbocycles. The highest BCUT2D eigenvalue weighted by Gasteiger charge is 2.10. The van der Waals surface area contributed by atoms with Crippen molar-refractivity contribution in [1.82, 2.24) is 4.72 Å². The number of carbonyl (C=O) groups is 1. The van der Waals surface area contributed by atoms with Crippen molar-refractivity contribution in [2.75, 3.05) is 12.3 Å². The number of carboxylic acids is 1. The van der Waals surface area contributed by atoms with Gasteiger partial charge in [-0.05, 0) is 6.42 Å². The second-order valence-electron chi connectivity index (χ2n) is 5.22. The first-order valence-electron chi connectivity index (χ1n) is 7.67. The molecule has 0 bridgehead atoms. The van der Waals surface area contributed by atoms with Gasteiger partial charge >= 0.3 is 5.97 Å². The van der Waals surface area contributed by atoms with E-state index >= 15 is 0 Å². The van der Waals surface area contributed by atoms with E-state index in [9.17, 15) is 13.2 Å². The largest absolute Gasteiger partial charge is 0.480 e. The number of rotatable bonds is 14. The van der Waals surface area contributed by atoms with E-state index < -0.39 is 22.5 Å².